The van der Waals surface area contributed by atoms with Gasteiger partial charge in [0.2, 0.25) is 11.8 Å². The Hall–Kier alpha value is -3.20. The second-order valence-corrected chi connectivity index (χ2v) is 13.6. The fraction of sp³-hybridized carbons (Fsp3) is 0.600. The van der Waals surface area contributed by atoms with Crippen LogP contribution in [0.5, 0.6) is 0 Å². The van der Waals surface area contributed by atoms with Crippen LogP contribution in [-0.4, -0.2) is 69.8 Å². The van der Waals surface area contributed by atoms with Crippen LogP contribution in [-0.2, 0) is 14.4 Å². The zero-order chi connectivity index (χ0) is 29.5. The first-order chi connectivity index (χ1) is 17.9. The summed E-state index contributed by atoms with van der Waals surface area (Å²) in [5.41, 5.74) is -0.734. The highest BCUT2D eigenvalue weighted by atomic mass is 16.3. The van der Waals surface area contributed by atoms with Crippen molar-refractivity contribution in [3.63, 3.8) is 0 Å². The topological polar surface area (TPSA) is 132 Å². The molecule has 0 aliphatic carbocycles. The van der Waals surface area contributed by atoms with Crippen molar-refractivity contribution in [3.05, 3.63) is 36.0 Å². The van der Waals surface area contributed by atoms with Crippen molar-refractivity contribution in [1.29, 1.82) is 0 Å². The molecule has 3 amide bonds. The summed E-state index contributed by atoms with van der Waals surface area (Å²) < 4.78 is 0. The first-order valence-electron chi connectivity index (χ1n) is 13.5. The van der Waals surface area contributed by atoms with Crippen LogP contribution in [0.3, 0.4) is 0 Å². The number of aliphatic hydroxyl groups excluding tert-OH is 1. The normalized spacial score (nSPS) is 20.9. The molecule has 0 spiro atoms. The van der Waals surface area contributed by atoms with Gasteiger partial charge in [-0.05, 0) is 34.3 Å². The maximum atomic E-state index is 14.2. The quantitative estimate of drug-likeness (QED) is 0.428. The van der Waals surface area contributed by atoms with Crippen LogP contribution < -0.4 is 10.6 Å². The Bertz CT molecular complexity index is 1220. The average Bonchev–Trinajstić information content (AvgIpc) is 3.36. The molecule has 0 bridgehead atoms. The van der Waals surface area contributed by atoms with Gasteiger partial charge in [-0.1, -0.05) is 80.5 Å². The summed E-state index contributed by atoms with van der Waals surface area (Å²) in [6, 6.07) is 6.59. The Balaban J connectivity index is 1.93. The number of hydrogen-bond donors (Lipinski definition) is 4. The summed E-state index contributed by atoms with van der Waals surface area (Å²) in [6.07, 6.45) is 0. The highest BCUT2D eigenvalue weighted by molar-refractivity contribution is 6.01. The molecule has 2 aromatic rings. The first-order valence-corrected chi connectivity index (χ1v) is 13.5. The molecule has 1 aromatic carbocycles. The van der Waals surface area contributed by atoms with E-state index in [2.05, 4.69) is 15.6 Å². The Kier molecular flexibility index (Phi) is 8.37. The number of H-pyrrole nitrogens is 1. The number of para-hydroxylation sites is 1. The van der Waals surface area contributed by atoms with Crippen molar-refractivity contribution in [3.8, 4) is 0 Å². The van der Waals surface area contributed by atoms with Gasteiger partial charge in [0.15, 0.2) is 5.78 Å². The number of nitrogens with zero attached hydrogens (tertiary/aromatic N) is 1. The number of likely N-dealkylation sites (tertiary alicyclic amines) is 1. The van der Waals surface area contributed by atoms with Gasteiger partial charge in [-0.15, -0.1) is 0 Å². The zero-order valence-corrected chi connectivity index (χ0v) is 24.6. The van der Waals surface area contributed by atoms with Crippen molar-refractivity contribution < 1.29 is 24.3 Å². The maximum Gasteiger partial charge on any atom is 0.268 e. The highest BCUT2D eigenvalue weighted by Crippen LogP contribution is 2.42. The van der Waals surface area contributed by atoms with E-state index in [0.29, 0.717) is 12.2 Å². The summed E-state index contributed by atoms with van der Waals surface area (Å²) in [7, 11) is 0. The van der Waals surface area contributed by atoms with E-state index >= 15 is 0 Å². The zero-order valence-electron chi connectivity index (χ0n) is 24.6. The minimum atomic E-state index is -0.918. The molecular formula is C30H44N4O5. The van der Waals surface area contributed by atoms with Crippen molar-refractivity contribution in [1.82, 2.24) is 20.5 Å². The van der Waals surface area contributed by atoms with E-state index in [1.54, 1.807) is 11.0 Å². The number of carbonyl (C=O) groups excluding carboxylic acids is 4. The first kappa shape index (κ1) is 30.3. The van der Waals surface area contributed by atoms with Gasteiger partial charge in [-0.2, -0.15) is 0 Å². The van der Waals surface area contributed by atoms with Crippen LogP contribution >= 0.6 is 0 Å². The van der Waals surface area contributed by atoms with Crippen LogP contribution in [0.1, 0.15) is 72.8 Å². The van der Waals surface area contributed by atoms with Gasteiger partial charge in [-0.3, -0.25) is 19.2 Å². The van der Waals surface area contributed by atoms with Gasteiger partial charge < -0.3 is 25.6 Å². The van der Waals surface area contributed by atoms with E-state index in [4.69, 9.17) is 0 Å². The third-order valence-corrected chi connectivity index (χ3v) is 8.08. The van der Waals surface area contributed by atoms with Gasteiger partial charge in [0.1, 0.15) is 24.4 Å². The number of aromatic nitrogens is 1. The smallest absolute Gasteiger partial charge is 0.268 e. The summed E-state index contributed by atoms with van der Waals surface area (Å²) in [5, 5.41) is 16.2. The van der Waals surface area contributed by atoms with E-state index in [-0.39, 0.29) is 11.8 Å². The lowest BCUT2D eigenvalue weighted by Gasteiger charge is -2.39. The van der Waals surface area contributed by atoms with Crippen molar-refractivity contribution in [2.75, 3.05) is 13.2 Å². The van der Waals surface area contributed by atoms with E-state index in [1.165, 1.54) is 0 Å². The number of nitrogens with one attached hydrogen (secondary N) is 3. The van der Waals surface area contributed by atoms with Crippen LogP contribution in [0.2, 0.25) is 0 Å². The van der Waals surface area contributed by atoms with Crippen LogP contribution in [0, 0.1) is 22.2 Å². The van der Waals surface area contributed by atoms with Gasteiger partial charge in [0.25, 0.3) is 5.91 Å². The molecular weight excluding hydrogens is 496 g/mol. The molecule has 9 heteroatoms. The lowest BCUT2D eigenvalue weighted by Crippen LogP contribution is -2.61. The molecule has 3 rings (SSSR count). The monoisotopic (exact) mass is 540 g/mol. The molecule has 214 valence electrons. The second kappa shape index (κ2) is 10.8. The Morgan fingerprint density at radius 3 is 2.15 bits per heavy atom. The summed E-state index contributed by atoms with van der Waals surface area (Å²) >= 11 is 0. The molecule has 9 nitrogen and oxygen atoms in total. The molecule has 0 saturated carbocycles. The summed E-state index contributed by atoms with van der Waals surface area (Å²) in [6.45, 7) is 16.5. The largest absolute Gasteiger partial charge is 0.389 e. The van der Waals surface area contributed by atoms with Crippen LogP contribution in [0.4, 0.5) is 0 Å². The number of hydrogen-bond acceptors (Lipinski definition) is 5. The lowest BCUT2D eigenvalue weighted by atomic mass is 9.76. The van der Waals surface area contributed by atoms with E-state index in [9.17, 15) is 24.3 Å². The number of Topliss-reactive ketones (excluding diaryl/α,β-unsaturated/α-hetero) is 1. The number of carbonyl (C=O) groups is 4. The number of ketones is 1. The third-order valence-electron chi connectivity index (χ3n) is 8.08. The fourth-order valence-corrected chi connectivity index (χ4v) is 5.31. The lowest BCUT2D eigenvalue weighted by molar-refractivity contribution is -0.145. The average molecular weight is 541 g/mol. The number of aromatic amines is 1. The molecule has 2 heterocycles. The third kappa shape index (κ3) is 6.19. The SMILES string of the molecule is C[C@@H]1CN(C(=O)[C@@H](NC(=O)c2cc3ccccc3[nH]2)C(C)(C)C)[C@H](C(=O)NC(C(=O)CO)C(C)(C)C)C1(C)C. The summed E-state index contributed by atoms with van der Waals surface area (Å²) in [4.78, 5) is 58.4. The molecule has 1 fully saturated rings. The van der Waals surface area contributed by atoms with Crippen LogP contribution in [0.15, 0.2) is 30.3 Å². The summed E-state index contributed by atoms with van der Waals surface area (Å²) in [5.74, 6) is -1.73. The molecule has 1 saturated heterocycles. The molecule has 0 radical (unpaired) electrons. The molecule has 4 atom stereocenters. The molecule has 1 aromatic heterocycles. The Labute approximate surface area is 231 Å². The van der Waals surface area contributed by atoms with Gasteiger partial charge in [0.05, 0.1) is 6.04 Å². The number of aliphatic hydroxyl groups is 1. The van der Waals surface area contributed by atoms with Crippen LogP contribution in [0.25, 0.3) is 10.9 Å². The van der Waals surface area contributed by atoms with Gasteiger partial charge in [0, 0.05) is 17.4 Å². The van der Waals surface area contributed by atoms with Crippen molar-refractivity contribution >= 4 is 34.4 Å². The molecule has 1 aliphatic rings. The van der Waals surface area contributed by atoms with E-state index in [1.807, 2.05) is 86.6 Å². The molecule has 39 heavy (non-hydrogen) atoms. The number of rotatable bonds is 7. The van der Waals surface area contributed by atoms with Gasteiger partial charge in [-0.25, -0.2) is 0 Å². The Morgan fingerprint density at radius 1 is 1.03 bits per heavy atom. The standard InChI is InChI=1S/C30H44N4O5/c1-17-15-34(24(30(17,8)9)26(38)32-22(21(36)16-35)28(2,3)4)27(39)23(29(5,6)7)33-25(37)20-14-18-12-10-11-13-19(18)31-20/h10-14,17,22-24,31,35H,15-16H2,1-9H3,(H,32,38)(H,33,37)/t17-,22?,23-,24-/m1/s1. The predicted molar refractivity (Wildman–Crippen MR) is 151 cm³/mol. The predicted octanol–water partition coefficient (Wildman–Crippen LogP) is 3.28. The molecule has 4 N–H and O–H groups in total. The minimum Gasteiger partial charge on any atom is -0.389 e. The van der Waals surface area contributed by atoms with E-state index < -0.39 is 58.6 Å². The molecule has 1 aliphatic heterocycles. The maximum absolute atomic E-state index is 14.2. The number of fused-ring (bicyclic) bond motifs is 1. The second-order valence-electron chi connectivity index (χ2n) is 13.6. The fourth-order valence-electron chi connectivity index (χ4n) is 5.31. The minimum absolute atomic E-state index is 0.0242. The van der Waals surface area contributed by atoms with E-state index in [0.717, 1.165) is 10.9 Å². The number of amides is 3. The van der Waals surface area contributed by atoms with Crippen molar-refractivity contribution in [2.45, 2.75) is 80.4 Å². The van der Waals surface area contributed by atoms with Crippen molar-refractivity contribution in [2.24, 2.45) is 22.2 Å². The van der Waals surface area contributed by atoms with Gasteiger partial charge >= 0.3 is 0 Å². The number of benzene rings is 1. The highest BCUT2D eigenvalue weighted by Gasteiger charge is 2.54. The molecule has 1 unspecified atom stereocenters. The Morgan fingerprint density at radius 2 is 1.62 bits per heavy atom.